The molecule has 0 unspecified atom stereocenters. The third-order valence-electron chi connectivity index (χ3n) is 3.42. The van der Waals surface area contributed by atoms with Crippen molar-refractivity contribution in [2.75, 3.05) is 0 Å². The van der Waals surface area contributed by atoms with E-state index in [2.05, 4.69) is 65.3 Å². The number of aryl methyl sites for hydroxylation is 2. The van der Waals surface area contributed by atoms with Gasteiger partial charge in [-0.15, -0.1) is 22.7 Å². The van der Waals surface area contributed by atoms with Crippen LogP contribution in [0.1, 0.15) is 14.9 Å². The Morgan fingerprint density at radius 1 is 1.14 bits per heavy atom. The monoisotopic (exact) mass is 329 g/mol. The first-order valence-electron chi connectivity index (χ1n) is 6.62. The van der Waals surface area contributed by atoms with Crippen molar-refractivity contribution in [1.82, 2.24) is 4.98 Å². The van der Waals surface area contributed by atoms with Gasteiger partial charge in [-0.2, -0.15) is 4.57 Å². The lowest BCUT2D eigenvalue weighted by Crippen LogP contribution is -2.28. The minimum Gasteiger partial charge on any atom is -0.241 e. The molecule has 0 aliphatic rings. The Morgan fingerprint density at radius 2 is 2.05 bits per heavy atom. The third-order valence-corrected chi connectivity index (χ3v) is 6.35. The molecule has 104 valence electrons. The fraction of sp³-hybridized carbons (Fsp3) is 0.125. The Labute approximate surface area is 134 Å². The van der Waals surface area contributed by atoms with E-state index in [0.717, 1.165) is 10.5 Å². The summed E-state index contributed by atoms with van der Waals surface area (Å²) < 4.78 is 4.84. The molecule has 0 saturated heterocycles. The molecule has 5 heteroatoms. The maximum atomic E-state index is 4.59. The van der Waals surface area contributed by atoms with E-state index in [1.54, 1.807) is 22.7 Å². The van der Waals surface area contributed by atoms with Crippen molar-refractivity contribution in [2.24, 2.45) is 7.05 Å². The Bertz CT molecular complexity index is 959. The van der Waals surface area contributed by atoms with Crippen LogP contribution in [0.2, 0.25) is 0 Å². The number of aromatic nitrogens is 2. The van der Waals surface area contributed by atoms with Gasteiger partial charge in [-0.3, -0.25) is 0 Å². The molecule has 0 aliphatic carbocycles. The predicted octanol–water partition coefficient (Wildman–Crippen LogP) is 4.88. The summed E-state index contributed by atoms with van der Waals surface area (Å²) in [6.45, 7) is 2.06. The highest BCUT2D eigenvalue weighted by Crippen LogP contribution is 2.30. The topological polar surface area (TPSA) is 16.8 Å². The molecule has 0 fully saturated rings. The molecule has 1 aromatic carbocycles. The first-order chi connectivity index (χ1) is 10.2. The average Bonchev–Trinajstić information content (AvgIpc) is 3.14. The molecule has 0 spiro atoms. The minimum atomic E-state index is 1.10. The number of benzene rings is 1. The maximum Gasteiger partial charge on any atom is 0.262 e. The molecule has 0 radical (unpaired) electrons. The molecule has 21 heavy (non-hydrogen) atoms. The molecule has 0 aliphatic heterocycles. The van der Waals surface area contributed by atoms with Gasteiger partial charge in [-0.25, -0.2) is 4.98 Å². The van der Waals surface area contributed by atoms with Gasteiger partial charge in [0.25, 0.3) is 5.01 Å². The Hall–Kier alpha value is -1.56. The molecule has 4 rings (SSSR count). The summed E-state index contributed by atoms with van der Waals surface area (Å²) in [5.41, 5.74) is 2.36. The van der Waals surface area contributed by atoms with Crippen LogP contribution < -0.4 is 4.57 Å². The molecule has 0 atom stereocenters. The minimum absolute atomic E-state index is 1.10. The van der Waals surface area contributed by atoms with E-state index in [-0.39, 0.29) is 0 Å². The zero-order valence-electron chi connectivity index (χ0n) is 11.7. The molecular weight excluding hydrogens is 316 g/mol. The van der Waals surface area contributed by atoms with Crippen LogP contribution in [0.15, 0.2) is 29.6 Å². The van der Waals surface area contributed by atoms with E-state index >= 15 is 0 Å². The lowest BCUT2D eigenvalue weighted by Gasteiger charge is -1.88. The van der Waals surface area contributed by atoms with Crippen LogP contribution in [0.25, 0.3) is 32.6 Å². The molecule has 0 saturated carbocycles. The van der Waals surface area contributed by atoms with Gasteiger partial charge in [0.15, 0.2) is 0 Å². The van der Waals surface area contributed by atoms with E-state index in [1.165, 1.54) is 24.8 Å². The largest absolute Gasteiger partial charge is 0.262 e. The quantitative estimate of drug-likeness (QED) is 0.479. The fourth-order valence-corrected chi connectivity index (χ4v) is 5.00. The van der Waals surface area contributed by atoms with Crippen LogP contribution in [0.5, 0.6) is 0 Å². The first kappa shape index (κ1) is 13.1. The SMILES string of the molecule is Cc1nc2cc3c(cc2s1)sc(C=Cc1cccs1)[n+]3C. The number of hydrogen-bond donors (Lipinski definition) is 0. The molecule has 0 N–H and O–H groups in total. The number of hydrogen-bond acceptors (Lipinski definition) is 4. The van der Waals surface area contributed by atoms with E-state index in [4.69, 9.17) is 0 Å². The second-order valence-corrected chi connectivity index (χ2v) is 8.14. The van der Waals surface area contributed by atoms with Gasteiger partial charge in [0.05, 0.1) is 15.2 Å². The van der Waals surface area contributed by atoms with Crippen LogP contribution in [0, 0.1) is 6.92 Å². The molecule has 4 aromatic rings. The average molecular weight is 329 g/mol. The Morgan fingerprint density at radius 3 is 2.86 bits per heavy atom. The molecule has 3 heterocycles. The number of nitrogens with zero attached hydrogens (tertiary/aromatic N) is 2. The zero-order valence-corrected chi connectivity index (χ0v) is 14.1. The summed E-state index contributed by atoms with van der Waals surface area (Å²) in [5.74, 6) is 0. The van der Waals surface area contributed by atoms with Crippen molar-refractivity contribution in [1.29, 1.82) is 0 Å². The van der Waals surface area contributed by atoms with Gasteiger partial charge in [0, 0.05) is 17.0 Å². The van der Waals surface area contributed by atoms with E-state index in [1.807, 2.05) is 11.3 Å². The van der Waals surface area contributed by atoms with Crippen molar-refractivity contribution in [3.8, 4) is 0 Å². The number of thiazole rings is 2. The van der Waals surface area contributed by atoms with E-state index < -0.39 is 0 Å². The van der Waals surface area contributed by atoms with Crippen LogP contribution in [-0.2, 0) is 7.05 Å². The first-order valence-corrected chi connectivity index (χ1v) is 9.13. The summed E-state index contributed by atoms with van der Waals surface area (Å²) in [6, 6.07) is 8.68. The molecule has 0 bridgehead atoms. The van der Waals surface area contributed by atoms with E-state index in [0.29, 0.717) is 0 Å². The predicted molar refractivity (Wildman–Crippen MR) is 94.2 cm³/mol. The van der Waals surface area contributed by atoms with Crippen LogP contribution in [0.3, 0.4) is 0 Å². The van der Waals surface area contributed by atoms with Crippen molar-refractivity contribution >= 4 is 66.6 Å². The van der Waals surface area contributed by atoms with Crippen molar-refractivity contribution < 1.29 is 4.57 Å². The summed E-state index contributed by atoms with van der Waals surface area (Å²) in [5, 5.41) is 4.49. The Kier molecular flexibility index (Phi) is 3.14. The van der Waals surface area contributed by atoms with Gasteiger partial charge < -0.3 is 0 Å². The molecule has 3 aromatic heterocycles. The smallest absolute Gasteiger partial charge is 0.241 e. The van der Waals surface area contributed by atoms with Crippen molar-refractivity contribution in [3.05, 3.63) is 44.5 Å². The number of rotatable bonds is 2. The summed E-state index contributed by atoms with van der Waals surface area (Å²) >= 11 is 5.35. The van der Waals surface area contributed by atoms with Gasteiger partial charge >= 0.3 is 0 Å². The highest BCUT2D eigenvalue weighted by Gasteiger charge is 2.16. The lowest BCUT2D eigenvalue weighted by atomic mass is 10.3. The van der Waals surface area contributed by atoms with Crippen LogP contribution in [-0.4, -0.2) is 4.98 Å². The number of thiophene rings is 1. The number of fused-ring (bicyclic) bond motifs is 2. The van der Waals surface area contributed by atoms with Gasteiger partial charge in [0.1, 0.15) is 11.7 Å². The standard InChI is InChI=1S/C16H13N2S3/c1-10-17-12-8-13-15(9-14(12)20-10)21-16(18(13)2)6-5-11-4-3-7-19-11/h3-9H,1-2H3/q+1. The molecule has 0 amide bonds. The maximum absolute atomic E-state index is 4.59. The summed E-state index contributed by atoms with van der Waals surface area (Å²) in [6.07, 6.45) is 4.38. The summed E-state index contributed by atoms with van der Waals surface area (Å²) in [7, 11) is 2.12. The second-order valence-electron chi connectivity index (χ2n) is 4.87. The molecular formula is C16H13N2S3+. The van der Waals surface area contributed by atoms with Crippen LogP contribution >= 0.6 is 34.0 Å². The molecule has 2 nitrogen and oxygen atoms in total. The van der Waals surface area contributed by atoms with Crippen molar-refractivity contribution in [2.45, 2.75) is 6.92 Å². The van der Waals surface area contributed by atoms with Gasteiger partial charge in [0.2, 0.25) is 5.52 Å². The fourth-order valence-electron chi connectivity index (χ4n) is 2.39. The summed E-state index contributed by atoms with van der Waals surface area (Å²) in [4.78, 5) is 5.88. The van der Waals surface area contributed by atoms with Gasteiger partial charge in [-0.1, -0.05) is 17.4 Å². The Balaban J connectivity index is 1.85. The highest BCUT2D eigenvalue weighted by atomic mass is 32.1. The highest BCUT2D eigenvalue weighted by molar-refractivity contribution is 7.21. The second kappa shape index (κ2) is 5.02. The van der Waals surface area contributed by atoms with Crippen LogP contribution in [0.4, 0.5) is 0 Å². The van der Waals surface area contributed by atoms with Crippen molar-refractivity contribution in [3.63, 3.8) is 0 Å². The van der Waals surface area contributed by atoms with E-state index in [9.17, 15) is 0 Å². The lowest BCUT2D eigenvalue weighted by molar-refractivity contribution is -0.642. The normalized spacial score (nSPS) is 12.1. The third kappa shape index (κ3) is 2.31. The van der Waals surface area contributed by atoms with Gasteiger partial charge in [-0.05, 0) is 30.5 Å². The zero-order chi connectivity index (χ0) is 14.4.